The third kappa shape index (κ3) is 2.57. The van der Waals surface area contributed by atoms with Crippen LogP contribution in [0.15, 0.2) is 18.2 Å². The monoisotopic (exact) mass is 255 g/mol. The van der Waals surface area contributed by atoms with Crippen molar-refractivity contribution in [2.75, 3.05) is 18.6 Å². The first-order valence-corrected chi connectivity index (χ1v) is 6.25. The van der Waals surface area contributed by atoms with Crippen LogP contribution in [0.25, 0.3) is 0 Å². The Kier molecular flexibility index (Phi) is 3.92. The smallest absolute Gasteiger partial charge is 0.0750 e. The van der Waals surface area contributed by atoms with E-state index in [0.717, 1.165) is 24.3 Å². The van der Waals surface area contributed by atoms with Crippen LogP contribution in [-0.2, 0) is 11.3 Å². The number of halogens is 1. The molecule has 2 atom stereocenters. The van der Waals surface area contributed by atoms with E-state index >= 15 is 0 Å². The van der Waals surface area contributed by atoms with Gasteiger partial charge in [0.15, 0.2) is 0 Å². The van der Waals surface area contributed by atoms with E-state index in [2.05, 4.69) is 11.8 Å². The molecular formula is C13H18ClNO2. The van der Waals surface area contributed by atoms with Gasteiger partial charge in [0.1, 0.15) is 0 Å². The Balaban J connectivity index is 2.28. The molecule has 0 radical (unpaired) electrons. The van der Waals surface area contributed by atoms with Crippen LogP contribution in [0.5, 0.6) is 0 Å². The average Bonchev–Trinajstić information content (AvgIpc) is 2.74. The standard InChI is InChI=1S/C13H18ClNO2/c1-9-12(5-6-17-9)15(2)13-7-11(14)4-3-10(13)8-16/h3-4,7,9,12,16H,5-6,8H2,1-2H3. The van der Waals surface area contributed by atoms with E-state index in [1.807, 2.05) is 19.2 Å². The largest absolute Gasteiger partial charge is 0.392 e. The topological polar surface area (TPSA) is 32.7 Å². The van der Waals surface area contributed by atoms with E-state index in [1.54, 1.807) is 6.07 Å². The van der Waals surface area contributed by atoms with Crippen LogP contribution in [0.3, 0.4) is 0 Å². The third-order valence-corrected chi connectivity index (χ3v) is 3.67. The summed E-state index contributed by atoms with van der Waals surface area (Å²) in [6.07, 6.45) is 1.22. The van der Waals surface area contributed by atoms with Gasteiger partial charge >= 0.3 is 0 Å². The predicted octanol–water partition coefficient (Wildman–Crippen LogP) is 2.45. The number of hydrogen-bond acceptors (Lipinski definition) is 3. The van der Waals surface area contributed by atoms with Crippen molar-refractivity contribution < 1.29 is 9.84 Å². The van der Waals surface area contributed by atoms with Crippen LogP contribution < -0.4 is 4.90 Å². The van der Waals surface area contributed by atoms with Crippen molar-refractivity contribution >= 4 is 17.3 Å². The molecule has 1 aromatic carbocycles. The van der Waals surface area contributed by atoms with Crippen molar-refractivity contribution in [3.8, 4) is 0 Å². The molecule has 1 heterocycles. The number of aliphatic hydroxyl groups excluding tert-OH is 1. The number of benzene rings is 1. The first-order valence-electron chi connectivity index (χ1n) is 5.87. The molecule has 0 bridgehead atoms. The summed E-state index contributed by atoms with van der Waals surface area (Å²) in [4.78, 5) is 2.16. The summed E-state index contributed by atoms with van der Waals surface area (Å²) in [5.41, 5.74) is 1.89. The molecule has 4 heteroatoms. The lowest BCUT2D eigenvalue weighted by Crippen LogP contribution is -2.37. The zero-order valence-corrected chi connectivity index (χ0v) is 10.9. The second-order valence-corrected chi connectivity index (χ2v) is 4.91. The molecule has 2 unspecified atom stereocenters. The van der Waals surface area contributed by atoms with E-state index < -0.39 is 0 Å². The highest BCUT2D eigenvalue weighted by Crippen LogP contribution is 2.29. The quantitative estimate of drug-likeness (QED) is 0.901. The summed E-state index contributed by atoms with van der Waals surface area (Å²) in [5.74, 6) is 0. The molecule has 1 aliphatic rings. The molecule has 2 rings (SSSR count). The van der Waals surface area contributed by atoms with Crippen molar-refractivity contribution in [1.82, 2.24) is 0 Å². The lowest BCUT2D eigenvalue weighted by molar-refractivity contribution is 0.118. The van der Waals surface area contributed by atoms with Gasteiger partial charge in [-0.2, -0.15) is 0 Å². The SMILES string of the molecule is CC1OCCC1N(C)c1cc(Cl)ccc1CO. The Morgan fingerprint density at radius 2 is 2.29 bits per heavy atom. The van der Waals surface area contributed by atoms with Crippen molar-refractivity contribution in [1.29, 1.82) is 0 Å². The number of rotatable bonds is 3. The molecule has 0 aromatic heterocycles. The molecule has 0 spiro atoms. The van der Waals surface area contributed by atoms with Crippen LogP contribution in [-0.4, -0.2) is 30.9 Å². The highest BCUT2D eigenvalue weighted by Gasteiger charge is 2.28. The number of hydrogen-bond donors (Lipinski definition) is 1. The van der Waals surface area contributed by atoms with Gasteiger partial charge < -0.3 is 14.7 Å². The maximum atomic E-state index is 9.37. The number of aliphatic hydroxyl groups is 1. The molecule has 1 N–H and O–H groups in total. The summed E-state index contributed by atoms with van der Waals surface area (Å²) in [6.45, 7) is 2.90. The average molecular weight is 256 g/mol. The lowest BCUT2D eigenvalue weighted by Gasteiger charge is -2.30. The fourth-order valence-corrected chi connectivity index (χ4v) is 2.57. The van der Waals surface area contributed by atoms with Gasteiger partial charge in [-0.1, -0.05) is 17.7 Å². The molecule has 1 aromatic rings. The van der Waals surface area contributed by atoms with Gasteiger partial charge in [0.05, 0.1) is 18.8 Å². The van der Waals surface area contributed by atoms with Gasteiger partial charge in [-0.25, -0.2) is 0 Å². The molecule has 1 fully saturated rings. The molecule has 94 valence electrons. The van der Waals surface area contributed by atoms with E-state index in [9.17, 15) is 5.11 Å². The Labute approximate surface area is 107 Å². The molecule has 0 amide bonds. The summed E-state index contributed by atoms with van der Waals surface area (Å²) in [6, 6.07) is 5.92. The molecule has 1 saturated heterocycles. The van der Waals surface area contributed by atoms with Gasteiger partial charge in [0.25, 0.3) is 0 Å². The Bertz CT molecular complexity index is 397. The summed E-state index contributed by atoms with van der Waals surface area (Å²) in [5, 5.41) is 10.1. The normalized spacial score (nSPS) is 24.0. The Hall–Kier alpha value is -0.770. The van der Waals surface area contributed by atoms with E-state index in [1.165, 1.54) is 0 Å². The van der Waals surface area contributed by atoms with Crippen LogP contribution in [0.1, 0.15) is 18.9 Å². The second kappa shape index (κ2) is 5.25. The van der Waals surface area contributed by atoms with Gasteiger partial charge in [-0.3, -0.25) is 0 Å². The summed E-state index contributed by atoms with van der Waals surface area (Å²) in [7, 11) is 2.03. The Morgan fingerprint density at radius 3 is 2.88 bits per heavy atom. The Morgan fingerprint density at radius 1 is 1.53 bits per heavy atom. The maximum Gasteiger partial charge on any atom is 0.0750 e. The summed E-state index contributed by atoms with van der Waals surface area (Å²) >= 11 is 6.02. The lowest BCUT2D eigenvalue weighted by atomic mass is 10.1. The van der Waals surface area contributed by atoms with Crippen LogP contribution in [0.2, 0.25) is 5.02 Å². The zero-order valence-electron chi connectivity index (χ0n) is 10.2. The van der Waals surface area contributed by atoms with E-state index in [4.69, 9.17) is 16.3 Å². The minimum absolute atomic E-state index is 0.0266. The van der Waals surface area contributed by atoms with Crippen molar-refractivity contribution in [2.24, 2.45) is 0 Å². The molecule has 0 aliphatic carbocycles. The van der Waals surface area contributed by atoms with Crippen LogP contribution in [0.4, 0.5) is 5.69 Å². The van der Waals surface area contributed by atoms with Crippen LogP contribution >= 0.6 is 11.6 Å². The number of ether oxygens (including phenoxy) is 1. The van der Waals surface area contributed by atoms with Crippen molar-refractivity contribution in [2.45, 2.75) is 32.1 Å². The minimum atomic E-state index is 0.0266. The van der Waals surface area contributed by atoms with Crippen LogP contribution in [0, 0.1) is 0 Å². The van der Waals surface area contributed by atoms with Crippen molar-refractivity contribution in [3.63, 3.8) is 0 Å². The molecule has 3 nitrogen and oxygen atoms in total. The van der Waals surface area contributed by atoms with Gasteiger partial charge in [-0.05, 0) is 25.5 Å². The maximum absolute atomic E-state index is 9.37. The number of nitrogens with zero attached hydrogens (tertiary/aromatic N) is 1. The predicted molar refractivity (Wildman–Crippen MR) is 69.6 cm³/mol. The number of anilines is 1. The second-order valence-electron chi connectivity index (χ2n) is 4.47. The molecule has 17 heavy (non-hydrogen) atoms. The fraction of sp³-hybridized carbons (Fsp3) is 0.538. The third-order valence-electron chi connectivity index (χ3n) is 3.43. The molecular weight excluding hydrogens is 238 g/mol. The highest BCUT2D eigenvalue weighted by molar-refractivity contribution is 6.30. The highest BCUT2D eigenvalue weighted by atomic mass is 35.5. The van der Waals surface area contributed by atoms with Gasteiger partial charge in [-0.15, -0.1) is 0 Å². The number of likely N-dealkylation sites (N-methyl/N-ethyl adjacent to an activating group) is 1. The fourth-order valence-electron chi connectivity index (χ4n) is 2.41. The first-order chi connectivity index (χ1) is 8.13. The first kappa shape index (κ1) is 12.7. The molecule has 1 aliphatic heterocycles. The molecule has 0 saturated carbocycles. The minimum Gasteiger partial charge on any atom is -0.392 e. The van der Waals surface area contributed by atoms with Crippen molar-refractivity contribution in [3.05, 3.63) is 28.8 Å². The van der Waals surface area contributed by atoms with Gasteiger partial charge in [0.2, 0.25) is 0 Å². The van der Waals surface area contributed by atoms with E-state index in [0.29, 0.717) is 11.1 Å². The van der Waals surface area contributed by atoms with E-state index in [-0.39, 0.29) is 12.7 Å². The zero-order chi connectivity index (χ0) is 12.4. The summed E-state index contributed by atoms with van der Waals surface area (Å²) < 4.78 is 5.57. The van der Waals surface area contributed by atoms with Gasteiger partial charge in [0, 0.05) is 29.9 Å².